The third-order valence-corrected chi connectivity index (χ3v) is 8.38. The highest BCUT2D eigenvalue weighted by molar-refractivity contribution is 4.65. The van der Waals surface area contributed by atoms with Gasteiger partial charge in [0.1, 0.15) is 0 Å². The lowest BCUT2D eigenvalue weighted by Gasteiger charge is -2.20. The molecule has 0 aliphatic heterocycles. The Morgan fingerprint density at radius 3 is 0.938 bits per heavy atom. The molecule has 0 aromatic rings. The van der Waals surface area contributed by atoms with Crippen molar-refractivity contribution in [2.45, 2.75) is 194 Å². The molecule has 0 radical (unpaired) electrons. The summed E-state index contributed by atoms with van der Waals surface area (Å²) in [6.07, 6.45) is 41.9. The van der Waals surface area contributed by atoms with Crippen LogP contribution in [0.25, 0.3) is 0 Å². The van der Waals surface area contributed by atoms with Gasteiger partial charge in [0.2, 0.25) is 0 Å². The second kappa shape index (κ2) is 24.1. The van der Waals surface area contributed by atoms with Gasteiger partial charge in [-0.1, -0.05) is 194 Å². The zero-order valence-corrected chi connectivity index (χ0v) is 23.0. The molecule has 0 bridgehead atoms. The molecule has 1 aliphatic rings. The van der Waals surface area contributed by atoms with Crippen molar-refractivity contribution in [3.05, 3.63) is 0 Å². The number of unbranched alkanes of at least 4 members (excludes halogenated alkanes) is 12. The van der Waals surface area contributed by atoms with Gasteiger partial charge in [0.05, 0.1) is 0 Å². The molecule has 192 valence electrons. The van der Waals surface area contributed by atoms with Crippen LogP contribution >= 0.6 is 0 Å². The molecular weight excluding hydrogens is 384 g/mol. The highest BCUT2D eigenvalue weighted by atomic mass is 14.2. The fourth-order valence-corrected chi connectivity index (χ4v) is 6.09. The first kappa shape index (κ1) is 30.0. The van der Waals surface area contributed by atoms with Crippen LogP contribution in [-0.2, 0) is 0 Å². The normalized spacial score (nSPS) is 21.9. The zero-order valence-electron chi connectivity index (χ0n) is 23.0. The van der Waals surface area contributed by atoms with E-state index >= 15 is 0 Å². The van der Waals surface area contributed by atoms with Gasteiger partial charge < -0.3 is 0 Å². The van der Waals surface area contributed by atoms with E-state index in [1.165, 1.54) is 180 Å². The van der Waals surface area contributed by atoms with Crippen LogP contribution in [0.4, 0.5) is 0 Å². The van der Waals surface area contributed by atoms with Crippen LogP contribution in [0, 0.1) is 11.8 Å². The summed E-state index contributed by atoms with van der Waals surface area (Å²) in [6, 6.07) is 0. The van der Waals surface area contributed by atoms with E-state index in [0.29, 0.717) is 0 Å². The molecule has 0 spiro atoms. The number of hydrogen-bond donors (Lipinski definition) is 0. The molecule has 0 unspecified atom stereocenters. The Labute approximate surface area is 205 Å². The molecule has 1 rings (SSSR count). The summed E-state index contributed by atoms with van der Waals surface area (Å²) in [5.41, 5.74) is 0. The van der Waals surface area contributed by atoms with Crippen molar-refractivity contribution >= 4 is 0 Å². The Kier molecular flexibility index (Phi) is 22.7. The monoisotopic (exact) mass is 449 g/mol. The van der Waals surface area contributed by atoms with E-state index in [4.69, 9.17) is 0 Å². The van der Waals surface area contributed by atoms with Crippen molar-refractivity contribution in [3.63, 3.8) is 0 Å². The van der Waals surface area contributed by atoms with E-state index in [9.17, 15) is 0 Å². The number of hydrogen-bond acceptors (Lipinski definition) is 0. The third kappa shape index (κ3) is 19.5. The Balaban J connectivity index is 2.15. The Morgan fingerprint density at radius 2 is 0.625 bits per heavy atom. The first-order valence-corrected chi connectivity index (χ1v) is 15.9. The SMILES string of the molecule is CCCCCCCCCC1CCCCCCC(CCCCCCCCC)CCCCCC1. The molecule has 0 heterocycles. The van der Waals surface area contributed by atoms with E-state index in [1.54, 1.807) is 0 Å². The van der Waals surface area contributed by atoms with Crippen molar-refractivity contribution in [3.8, 4) is 0 Å². The van der Waals surface area contributed by atoms with Crippen molar-refractivity contribution < 1.29 is 0 Å². The van der Waals surface area contributed by atoms with Crippen molar-refractivity contribution in [2.24, 2.45) is 11.8 Å². The molecule has 0 heteroatoms. The minimum Gasteiger partial charge on any atom is -0.0654 e. The smallest absolute Gasteiger partial charge is 0.0414 e. The summed E-state index contributed by atoms with van der Waals surface area (Å²) in [7, 11) is 0. The molecule has 0 atom stereocenters. The Morgan fingerprint density at radius 1 is 0.344 bits per heavy atom. The van der Waals surface area contributed by atoms with Gasteiger partial charge in [-0.25, -0.2) is 0 Å². The summed E-state index contributed by atoms with van der Waals surface area (Å²) in [5, 5.41) is 0. The van der Waals surface area contributed by atoms with Crippen molar-refractivity contribution in [1.29, 1.82) is 0 Å². The second-order valence-electron chi connectivity index (χ2n) is 11.5. The van der Waals surface area contributed by atoms with Gasteiger partial charge >= 0.3 is 0 Å². The lowest BCUT2D eigenvalue weighted by atomic mass is 9.86. The first-order chi connectivity index (χ1) is 15.9. The fourth-order valence-electron chi connectivity index (χ4n) is 6.09. The predicted octanol–water partition coefficient (Wildman–Crippen LogP) is 12.2. The quantitative estimate of drug-likeness (QED) is 0.206. The van der Waals surface area contributed by atoms with Gasteiger partial charge in [0.25, 0.3) is 0 Å². The van der Waals surface area contributed by atoms with Gasteiger partial charge in [-0.05, 0) is 11.8 Å². The molecular formula is C32H64. The maximum atomic E-state index is 2.32. The summed E-state index contributed by atoms with van der Waals surface area (Å²) >= 11 is 0. The molecule has 1 fully saturated rings. The van der Waals surface area contributed by atoms with E-state index in [2.05, 4.69) is 13.8 Å². The van der Waals surface area contributed by atoms with Crippen LogP contribution in [0.5, 0.6) is 0 Å². The molecule has 0 N–H and O–H groups in total. The molecule has 32 heavy (non-hydrogen) atoms. The average molecular weight is 449 g/mol. The maximum Gasteiger partial charge on any atom is -0.0414 e. The maximum absolute atomic E-state index is 2.32. The van der Waals surface area contributed by atoms with Gasteiger partial charge in [0, 0.05) is 0 Å². The fraction of sp³-hybridized carbons (Fsp3) is 1.00. The molecule has 0 aromatic carbocycles. The summed E-state index contributed by atoms with van der Waals surface area (Å²) in [6.45, 7) is 4.64. The highest BCUT2D eigenvalue weighted by Crippen LogP contribution is 2.28. The van der Waals surface area contributed by atoms with E-state index in [0.717, 1.165) is 11.8 Å². The molecule has 1 saturated carbocycles. The summed E-state index contributed by atoms with van der Waals surface area (Å²) in [5.74, 6) is 2.11. The van der Waals surface area contributed by atoms with Gasteiger partial charge in [-0.2, -0.15) is 0 Å². The molecule has 0 amide bonds. The molecule has 0 nitrogen and oxygen atoms in total. The van der Waals surface area contributed by atoms with Crippen LogP contribution in [0.2, 0.25) is 0 Å². The lowest BCUT2D eigenvalue weighted by molar-refractivity contribution is 0.339. The van der Waals surface area contributed by atoms with Crippen LogP contribution in [0.3, 0.4) is 0 Å². The van der Waals surface area contributed by atoms with Crippen LogP contribution in [-0.4, -0.2) is 0 Å². The van der Waals surface area contributed by atoms with Crippen molar-refractivity contribution in [1.82, 2.24) is 0 Å². The standard InChI is InChI=1S/C32H64/c1-3-5-7-9-11-13-19-25-31-27-21-15-17-23-29-32(30-24-18-16-22-28-31)26-20-14-12-10-8-6-4-2/h31-32H,3-30H2,1-2H3. The largest absolute Gasteiger partial charge is 0.0654 e. The summed E-state index contributed by atoms with van der Waals surface area (Å²) in [4.78, 5) is 0. The van der Waals surface area contributed by atoms with E-state index in [1.807, 2.05) is 0 Å². The average Bonchev–Trinajstić information content (AvgIpc) is 2.80. The molecule has 0 aromatic heterocycles. The molecule has 0 saturated heterocycles. The Bertz CT molecular complexity index is 296. The minimum atomic E-state index is 1.05. The van der Waals surface area contributed by atoms with Crippen LogP contribution in [0.1, 0.15) is 194 Å². The summed E-state index contributed by atoms with van der Waals surface area (Å²) < 4.78 is 0. The van der Waals surface area contributed by atoms with E-state index in [-0.39, 0.29) is 0 Å². The van der Waals surface area contributed by atoms with Crippen LogP contribution in [0.15, 0.2) is 0 Å². The predicted molar refractivity (Wildman–Crippen MR) is 148 cm³/mol. The minimum absolute atomic E-state index is 1.05. The van der Waals surface area contributed by atoms with Crippen LogP contribution < -0.4 is 0 Å². The van der Waals surface area contributed by atoms with Gasteiger partial charge in [-0.3, -0.25) is 0 Å². The third-order valence-electron chi connectivity index (χ3n) is 8.38. The molecule has 1 aliphatic carbocycles. The number of rotatable bonds is 16. The van der Waals surface area contributed by atoms with Gasteiger partial charge in [0.15, 0.2) is 0 Å². The first-order valence-electron chi connectivity index (χ1n) is 15.9. The van der Waals surface area contributed by atoms with Crippen molar-refractivity contribution in [2.75, 3.05) is 0 Å². The Hall–Kier alpha value is 0. The second-order valence-corrected chi connectivity index (χ2v) is 11.5. The van der Waals surface area contributed by atoms with Gasteiger partial charge in [-0.15, -0.1) is 0 Å². The topological polar surface area (TPSA) is 0 Å². The van der Waals surface area contributed by atoms with E-state index < -0.39 is 0 Å². The lowest BCUT2D eigenvalue weighted by Crippen LogP contribution is -2.04. The zero-order chi connectivity index (χ0) is 23.0. The highest BCUT2D eigenvalue weighted by Gasteiger charge is 2.12.